The highest BCUT2D eigenvalue weighted by molar-refractivity contribution is 5.78. The maximum Gasteiger partial charge on any atom is 0.302 e. The van der Waals surface area contributed by atoms with Gasteiger partial charge in [0.1, 0.15) is 23.7 Å². The van der Waals surface area contributed by atoms with Gasteiger partial charge < -0.3 is 24.8 Å². The second-order valence-electron chi connectivity index (χ2n) is 5.71. The molecular weight excluding hydrogens is 316 g/mol. The number of rotatable bonds is 4. The first-order chi connectivity index (χ1) is 11.5. The predicted molar refractivity (Wildman–Crippen MR) is 83.2 cm³/mol. The largest absolute Gasteiger partial charge is 0.464 e. The summed E-state index contributed by atoms with van der Waals surface area (Å²) in [4.78, 5) is 43.8. The summed E-state index contributed by atoms with van der Waals surface area (Å²) in [6, 6.07) is -0.507. The zero-order chi connectivity index (χ0) is 17.3. The van der Waals surface area contributed by atoms with Crippen LogP contribution in [-0.2, 0) is 19.1 Å². The SMILES string of the molecule is CC(=O)OCC1NC(c2c[nH]c3c(=O)[nH]cnc23)CC1OC(C)=O. The molecule has 1 aliphatic rings. The van der Waals surface area contributed by atoms with Crippen LogP contribution in [-0.4, -0.2) is 45.6 Å². The van der Waals surface area contributed by atoms with E-state index in [1.807, 2.05) is 0 Å². The van der Waals surface area contributed by atoms with E-state index in [9.17, 15) is 14.4 Å². The number of carbonyl (C=O) groups is 2. The number of ether oxygens (including phenoxy) is 2. The Morgan fingerprint density at radius 3 is 2.79 bits per heavy atom. The lowest BCUT2D eigenvalue weighted by Gasteiger charge is -2.18. The highest BCUT2D eigenvalue weighted by atomic mass is 16.6. The van der Waals surface area contributed by atoms with Crippen molar-refractivity contribution in [1.82, 2.24) is 20.3 Å². The Morgan fingerprint density at radius 1 is 1.29 bits per heavy atom. The van der Waals surface area contributed by atoms with Gasteiger partial charge in [0.25, 0.3) is 5.56 Å². The van der Waals surface area contributed by atoms with Crippen LogP contribution in [0.5, 0.6) is 0 Å². The van der Waals surface area contributed by atoms with Crippen LogP contribution in [0.25, 0.3) is 11.0 Å². The van der Waals surface area contributed by atoms with Gasteiger partial charge in [0.15, 0.2) is 0 Å². The van der Waals surface area contributed by atoms with Crippen LogP contribution in [0.4, 0.5) is 0 Å². The van der Waals surface area contributed by atoms with E-state index in [2.05, 4.69) is 20.3 Å². The molecule has 128 valence electrons. The third-order valence-corrected chi connectivity index (χ3v) is 3.99. The molecule has 2 aromatic rings. The molecule has 0 aliphatic carbocycles. The Bertz CT molecular complexity index is 827. The zero-order valence-electron chi connectivity index (χ0n) is 13.3. The molecule has 3 N–H and O–H groups in total. The third-order valence-electron chi connectivity index (χ3n) is 3.99. The minimum atomic E-state index is -0.432. The Labute approximate surface area is 136 Å². The predicted octanol–water partition coefficient (Wildman–Crippen LogP) is 0.149. The van der Waals surface area contributed by atoms with Crippen LogP contribution in [0.2, 0.25) is 0 Å². The average molecular weight is 334 g/mol. The van der Waals surface area contributed by atoms with Crippen molar-refractivity contribution in [1.29, 1.82) is 0 Å². The number of hydrogen-bond donors (Lipinski definition) is 3. The van der Waals surface area contributed by atoms with Gasteiger partial charge in [-0.25, -0.2) is 4.98 Å². The number of aromatic amines is 2. The number of carbonyl (C=O) groups excluding carboxylic acids is 2. The summed E-state index contributed by atoms with van der Waals surface area (Å²) in [5.41, 5.74) is 1.50. The summed E-state index contributed by atoms with van der Waals surface area (Å²) in [5, 5.41) is 3.29. The van der Waals surface area contributed by atoms with Crippen molar-refractivity contribution in [2.75, 3.05) is 6.61 Å². The van der Waals surface area contributed by atoms with E-state index < -0.39 is 18.0 Å². The lowest BCUT2D eigenvalue weighted by atomic mass is 10.1. The Balaban J connectivity index is 1.85. The maximum atomic E-state index is 11.8. The van der Waals surface area contributed by atoms with E-state index in [0.717, 1.165) is 5.56 Å². The van der Waals surface area contributed by atoms with Gasteiger partial charge >= 0.3 is 11.9 Å². The van der Waals surface area contributed by atoms with Gasteiger partial charge in [-0.15, -0.1) is 0 Å². The van der Waals surface area contributed by atoms with Crippen molar-refractivity contribution in [3.05, 3.63) is 28.4 Å². The van der Waals surface area contributed by atoms with E-state index in [4.69, 9.17) is 9.47 Å². The molecule has 24 heavy (non-hydrogen) atoms. The number of hydrogen-bond acceptors (Lipinski definition) is 7. The van der Waals surface area contributed by atoms with Crippen molar-refractivity contribution in [3.8, 4) is 0 Å². The quantitative estimate of drug-likeness (QED) is 0.679. The van der Waals surface area contributed by atoms with Crippen LogP contribution in [0.15, 0.2) is 17.3 Å². The van der Waals surface area contributed by atoms with Gasteiger partial charge in [0.2, 0.25) is 0 Å². The van der Waals surface area contributed by atoms with Crippen LogP contribution < -0.4 is 10.9 Å². The molecule has 9 nitrogen and oxygen atoms in total. The minimum absolute atomic E-state index is 0.0974. The topological polar surface area (TPSA) is 126 Å². The molecule has 3 heterocycles. The molecule has 0 aromatic carbocycles. The van der Waals surface area contributed by atoms with E-state index in [1.54, 1.807) is 6.20 Å². The number of nitrogens with one attached hydrogen (secondary N) is 3. The maximum absolute atomic E-state index is 11.8. The van der Waals surface area contributed by atoms with Crippen molar-refractivity contribution in [2.45, 2.75) is 38.5 Å². The Kier molecular flexibility index (Phi) is 4.34. The second-order valence-corrected chi connectivity index (χ2v) is 5.71. The molecule has 2 aromatic heterocycles. The van der Waals surface area contributed by atoms with Crippen LogP contribution in [0, 0.1) is 0 Å². The summed E-state index contributed by atoms with van der Waals surface area (Å²) in [5.74, 6) is -0.800. The van der Waals surface area contributed by atoms with Gasteiger partial charge in [-0.1, -0.05) is 0 Å². The fraction of sp³-hybridized carbons (Fsp3) is 0.467. The van der Waals surface area contributed by atoms with Crippen LogP contribution in [0.1, 0.15) is 31.9 Å². The number of aromatic nitrogens is 3. The molecule has 0 bridgehead atoms. The molecule has 1 aliphatic heterocycles. The highest BCUT2D eigenvalue weighted by Crippen LogP contribution is 2.32. The number of H-pyrrole nitrogens is 2. The highest BCUT2D eigenvalue weighted by Gasteiger charge is 2.38. The summed E-state index contributed by atoms with van der Waals surface area (Å²) in [7, 11) is 0. The minimum Gasteiger partial charge on any atom is -0.464 e. The standard InChI is InChI=1S/C15H18N4O5/c1-7(20)23-5-11-12(24-8(2)21)3-10(19-11)9-4-16-14-13(9)17-6-18-15(14)22/h4,6,10-12,16,19H,3,5H2,1-2H3,(H,17,18,22). The number of fused-ring (bicyclic) bond motifs is 1. The molecule has 0 radical (unpaired) electrons. The van der Waals surface area contributed by atoms with E-state index >= 15 is 0 Å². The van der Waals surface area contributed by atoms with E-state index in [0.29, 0.717) is 17.5 Å². The lowest BCUT2D eigenvalue weighted by Crippen LogP contribution is -2.38. The first-order valence-electron chi connectivity index (χ1n) is 7.57. The molecule has 9 heteroatoms. The number of esters is 2. The number of nitrogens with zero attached hydrogens (tertiary/aromatic N) is 1. The average Bonchev–Trinajstić information content (AvgIpc) is 3.09. The molecule has 3 rings (SSSR count). The molecule has 1 saturated heterocycles. The molecule has 1 fully saturated rings. The van der Waals surface area contributed by atoms with Gasteiger partial charge in [-0.05, 0) is 0 Å². The molecule has 3 atom stereocenters. The third kappa shape index (κ3) is 3.16. The van der Waals surface area contributed by atoms with Crippen molar-refractivity contribution >= 4 is 23.0 Å². The summed E-state index contributed by atoms with van der Waals surface area (Å²) < 4.78 is 10.4. The van der Waals surface area contributed by atoms with Crippen molar-refractivity contribution in [3.63, 3.8) is 0 Å². The molecular formula is C15H18N4O5. The van der Waals surface area contributed by atoms with Crippen LogP contribution >= 0.6 is 0 Å². The van der Waals surface area contributed by atoms with E-state index in [1.165, 1.54) is 20.2 Å². The first-order valence-corrected chi connectivity index (χ1v) is 7.57. The smallest absolute Gasteiger partial charge is 0.302 e. The molecule has 0 amide bonds. The summed E-state index contributed by atoms with van der Waals surface area (Å²) in [6.45, 7) is 2.76. The van der Waals surface area contributed by atoms with Gasteiger partial charge in [-0.2, -0.15) is 0 Å². The fourth-order valence-electron chi connectivity index (χ4n) is 2.99. The molecule has 3 unspecified atom stereocenters. The van der Waals surface area contributed by atoms with Crippen LogP contribution in [0.3, 0.4) is 0 Å². The van der Waals surface area contributed by atoms with Gasteiger partial charge in [0.05, 0.1) is 12.4 Å². The Morgan fingerprint density at radius 2 is 2.08 bits per heavy atom. The molecule has 0 saturated carbocycles. The van der Waals surface area contributed by atoms with Gasteiger partial charge in [0, 0.05) is 38.1 Å². The molecule has 0 spiro atoms. The normalized spacial score (nSPS) is 23.3. The van der Waals surface area contributed by atoms with Crippen molar-refractivity contribution < 1.29 is 19.1 Å². The van der Waals surface area contributed by atoms with Crippen molar-refractivity contribution in [2.24, 2.45) is 0 Å². The van der Waals surface area contributed by atoms with E-state index in [-0.39, 0.29) is 24.2 Å². The summed E-state index contributed by atoms with van der Waals surface area (Å²) in [6.07, 6.45) is 3.12. The lowest BCUT2D eigenvalue weighted by molar-refractivity contribution is -0.149. The zero-order valence-corrected chi connectivity index (χ0v) is 13.3. The Hall–Kier alpha value is -2.68. The summed E-state index contributed by atoms with van der Waals surface area (Å²) >= 11 is 0. The first kappa shape index (κ1) is 16.2. The van der Waals surface area contributed by atoms with Gasteiger partial charge in [-0.3, -0.25) is 14.4 Å². The second kappa shape index (κ2) is 6.44. The fourth-order valence-corrected chi connectivity index (χ4v) is 2.99. The monoisotopic (exact) mass is 334 g/mol.